The zero-order valence-electron chi connectivity index (χ0n) is 11.7. The molecule has 0 bridgehead atoms. The van der Waals surface area contributed by atoms with Crippen LogP contribution in [-0.2, 0) is 11.2 Å². The number of rotatable bonds is 5. The van der Waals surface area contributed by atoms with Gasteiger partial charge in [0.25, 0.3) is 5.91 Å². The van der Waals surface area contributed by atoms with E-state index < -0.39 is 5.97 Å². The Morgan fingerprint density at radius 3 is 2.52 bits per heavy atom. The molecule has 1 aromatic heterocycles. The summed E-state index contributed by atoms with van der Waals surface area (Å²) in [6.45, 7) is 1.83. The Hall–Kier alpha value is -2.69. The van der Waals surface area contributed by atoms with Crippen molar-refractivity contribution in [1.82, 2.24) is 4.98 Å². The van der Waals surface area contributed by atoms with E-state index in [1.54, 1.807) is 30.5 Å². The number of aromatic nitrogens is 1. The van der Waals surface area contributed by atoms with E-state index in [1.165, 1.54) is 0 Å². The molecule has 0 aliphatic carbocycles. The van der Waals surface area contributed by atoms with Gasteiger partial charge in [-0.3, -0.25) is 14.6 Å². The molecule has 0 atom stereocenters. The van der Waals surface area contributed by atoms with Gasteiger partial charge in [-0.1, -0.05) is 12.1 Å². The standard InChI is InChI=1S/C16H16N2O3/c1-11-10-13(8-9-17-11)16(21)18-14-5-2-12(3-6-14)4-7-15(19)20/h2-3,5-6,8-10H,4,7H2,1H3,(H,18,21)(H,19,20). The van der Waals surface area contributed by atoms with Crippen molar-refractivity contribution in [1.29, 1.82) is 0 Å². The highest BCUT2D eigenvalue weighted by atomic mass is 16.4. The van der Waals surface area contributed by atoms with Crippen LogP contribution in [0.3, 0.4) is 0 Å². The van der Waals surface area contributed by atoms with Gasteiger partial charge in [0.2, 0.25) is 0 Å². The second kappa shape index (κ2) is 6.65. The number of carbonyl (C=O) groups is 2. The number of aliphatic carboxylic acids is 1. The highest BCUT2D eigenvalue weighted by molar-refractivity contribution is 6.04. The Bertz CT molecular complexity index is 651. The maximum atomic E-state index is 12.0. The fraction of sp³-hybridized carbons (Fsp3) is 0.188. The highest BCUT2D eigenvalue weighted by Crippen LogP contribution is 2.13. The van der Waals surface area contributed by atoms with Gasteiger partial charge in [0.15, 0.2) is 0 Å². The summed E-state index contributed by atoms with van der Waals surface area (Å²) < 4.78 is 0. The zero-order chi connectivity index (χ0) is 15.2. The Labute approximate surface area is 122 Å². The summed E-state index contributed by atoms with van der Waals surface area (Å²) in [5.41, 5.74) is 2.94. The summed E-state index contributed by atoms with van der Waals surface area (Å²) >= 11 is 0. The van der Waals surface area contributed by atoms with Crippen molar-refractivity contribution < 1.29 is 14.7 Å². The minimum atomic E-state index is -0.819. The van der Waals surface area contributed by atoms with Crippen molar-refractivity contribution in [3.8, 4) is 0 Å². The number of pyridine rings is 1. The molecule has 0 fully saturated rings. The molecule has 1 aromatic carbocycles. The fourth-order valence-corrected chi connectivity index (χ4v) is 1.90. The van der Waals surface area contributed by atoms with E-state index >= 15 is 0 Å². The molecule has 0 aliphatic heterocycles. The highest BCUT2D eigenvalue weighted by Gasteiger charge is 2.06. The van der Waals surface area contributed by atoms with Gasteiger partial charge in [-0.25, -0.2) is 0 Å². The molecule has 5 nitrogen and oxygen atoms in total. The number of benzene rings is 1. The molecule has 0 saturated heterocycles. The summed E-state index contributed by atoms with van der Waals surface area (Å²) in [5, 5.41) is 11.4. The van der Waals surface area contributed by atoms with Gasteiger partial charge in [-0.2, -0.15) is 0 Å². The van der Waals surface area contributed by atoms with Gasteiger partial charge in [-0.05, 0) is 43.2 Å². The molecule has 0 unspecified atom stereocenters. The number of nitrogens with zero attached hydrogens (tertiary/aromatic N) is 1. The molecule has 1 heterocycles. The van der Waals surface area contributed by atoms with E-state index in [4.69, 9.17) is 5.11 Å². The molecule has 21 heavy (non-hydrogen) atoms. The van der Waals surface area contributed by atoms with Crippen LogP contribution < -0.4 is 5.32 Å². The van der Waals surface area contributed by atoms with Crippen molar-refractivity contribution in [3.05, 3.63) is 59.4 Å². The van der Waals surface area contributed by atoms with Crippen LogP contribution in [0.15, 0.2) is 42.6 Å². The van der Waals surface area contributed by atoms with Crippen LogP contribution in [0.2, 0.25) is 0 Å². The molecule has 2 rings (SSSR count). The van der Waals surface area contributed by atoms with E-state index in [1.807, 2.05) is 19.1 Å². The number of carboxylic acid groups (broad SMARTS) is 1. The van der Waals surface area contributed by atoms with Crippen molar-refractivity contribution in [2.24, 2.45) is 0 Å². The third kappa shape index (κ3) is 4.42. The van der Waals surface area contributed by atoms with Gasteiger partial charge < -0.3 is 10.4 Å². The molecule has 1 amide bonds. The first kappa shape index (κ1) is 14.7. The minimum absolute atomic E-state index is 0.0992. The van der Waals surface area contributed by atoms with Crippen molar-refractivity contribution in [2.45, 2.75) is 19.8 Å². The van der Waals surface area contributed by atoms with E-state index in [0.29, 0.717) is 17.7 Å². The topological polar surface area (TPSA) is 79.3 Å². The molecule has 0 spiro atoms. The smallest absolute Gasteiger partial charge is 0.303 e. The predicted molar refractivity (Wildman–Crippen MR) is 79.3 cm³/mol. The number of carboxylic acids is 1. The van der Waals surface area contributed by atoms with Crippen molar-refractivity contribution >= 4 is 17.6 Å². The number of anilines is 1. The van der Waals surface area contributed by atoms with Gasteiger partial charge >= 0.3 is 5.97 Å². The van der Waals surface area contributed by atoms with Crippen LogP contribution in [0.5, 0.6) is 0 Å². The summed E-state index contributed by atoms with van der Waals surface area (Å²) in [7, 11) is 0. The second-order valence-corrected chi connectivity index (χ2v) is 4.73. The van der Waals surface area contributed by atoms with Crippen LogP contribution >= 0.6 is 0 Å². The second-order valence-electron chi connectivity index (χ2n) is 4.73. The lowest BCUT2D eigenvalue weighted by Crippen LogP contribution is -2.12. The number of carbonyl (C=O) groups excluding carboxylic acids is 1. The maximum absolute atomic E-state index is 12.0. The van der Waals surface area contributed by atoms with Crippen LogP contribution in [0.25, 0.3) is 0 Å². The molecule has 108 valence electrons. The summed E-state index contributed by atoms with van der Waals surface area (Å²) in [6.07, 6.45) is 2.17. The molecule has 5 heteroatoms. The first-order chi connectivity index (χ1) is 10.0. The molecule has 0 aliphatic rings. The number of aryl methyl sites for hydroxylation is 2. The van der Waals surface area contributed by atoms with Crippen molar-refractivity contribution in [2.75, 3.05) is 5.32 Å². The normalized spacial score (nSPS) is 10.1. The van der Waals surface area contributed by atoms with Crippen molar-refractivity contribution in [3.63, 3.8) is 0 Å². The summed E-state index contributed by atoms with van der Waals surface area (Å²) in [5.74, 6) is -1.01. The third-order valence-electron chi connectivity index (χ3n) is 3.00. The van der Waals surface area contributed by atoms with Gasteiger partial charge in [-0.15, -0.1) is 0 Å². The fourth-order valence-electron chi connectivity index (χ4n) is 1.90. The Morgan fingerprint density at radius 2 is 1.90 bits per heavy atom. The zero-order valence-corrected chi connectivity index (χ0v) is 11.7. The first-order valence-electron chi connectivity index (χ1n) is 6.59. The molecule has 2 N–H and O–H groups in total. The predicted octanol–water partition coefficient (Wildman–Crippen LogP) is 2.66. The Kier molecular flexibility index (Phi) is 4.66. The Morgan fingerprint density at radius 1 is 1.19 bits per heavy atom. The lowest BCUT2D eigenvalue weighted by atomic mass is 10.1. The SMILES string of the molecule is Cc1cc(C(=O)Nc2ccc(CCC(=O)O)cc2)ccn1. The molecule has 0 saturated carbocycles. The minimum Gasteiger partial charge on any atom is -0.481 e. The number of hydrogen-bond donors (Lipinski definition) is 2. The maximum Gasteiger partial charge on any atom is 0.303 e. The average molecular weight is 284 g/mol. The van der Waals surface area contributed by atoms with Crippen LogP contribution in [0, 0.1) is 6.92 Å². The molecule has 0 radical (unpaired) electrons. The Balaban J connectivity index is 2.00. The molecular weight excluding hydrogens is 268 g/mol. The average Bonchev–Trinajstić information content (AvgIpc) is 2.46. The third-order valence-corrected chi connectivity index (χ3v) is 3.00. The molecule has 2 aromatic rings. The van der Waals surface area contributed by atoms with Crippen LogP contribution in [-0.4, -0.2) is 22.0 Å². The van der Waals surface area contributed by atoms with Crippen LogP contribution in [0.4, 0.5) is 5.69 Å². The quantitative estimate of drug-likeness (QED) is 0.884. The van der Waals surface area contributed by atoms with E-state index in [9.17, 15) is 9.59 Å². The summed E-state index contributed by atoms with van der Waals surface area (Å²) in [4.78, 5) is 26.6. The molecular formula is C16H16N2O3. The lowest BCUT2D eigenvalue weighted by molar-refractivity contribution is -0.136. The monoisotopic (exact) mass is 284 g/mol. The van der Waals surface area contributed by atoms with E-state index in [2.05, 4.69) is 10.3 Å². The summed E-state index contributed by atoms with van der Waals surface area (Å²) in [6, 6.07) is 10.5. The van der Waals surface area contributed by atoms with Gasteiger partial charge in [0.05, 0.1) is 0 Å². The lowest BCUT2D eigenvalue weighted by Gasteiger charge is -2.06. The van der Waals surface area contributed by atoms with Crippen LogP contribution in [0.1, 0.15) is 28.0 Å². The number of nitrogens with one attached hydrogen (secondary N) is 1. The first-order valence-corrected chi connectivity index (χ1v) is 6.59. The largest absolute Gasteiger partial charge is 0.481 e. The van der Waals surface area contributed by atoms with E-state index in [0.717, 1.165) is 11.3 Å². The number of amides is 1. The van der Waals surface area contributed by atoms with E-state index in [-0.39, 0.29) is 12.3 Å². The van der Waals surface area contributed by atoms with Gasteiger partial charge in [0, 0.05) is 29.6 Å². The number of hydrogen-bond acceptors (Lipinski definition) is 3. The van der Waals surface area contributed by atoms with Gasteiger partial charge in [0.1, 0.15) is 0 Å².